The fourth-order valence-electron chi connectivity index (χ4n) is 3.72. The predicted octanol–water partition coefficient (Wildman–Crippen LogP) is 2.93. The van der Waals surface area contributed by atoms with Gasteiger partial charge in [-0.25, -0.2) is 8.78 Å². The number of carbonyl (C=O) groups excluding carboxylic acids is 2. The Morgan fingerprint density at radius 1 is 1.13 bits per heavy atom. The van der Waals surface area contributed by atoms with Gasteiger partial charge in [-0.3, -0.25) is 9.59 Å². The van der Waals surface area contributed by atoms with Gasteiger partial charge in [0.15, 0.2) is 17.2 Å². The minimum atomic E-state index is -1.11. The fraction of sp³-hybridized carbons (Fsp3) is 0.318. The van der Waals surface area contributed by atoms with Crippen LogP contribution in [0.25, 0.3) is 11.1 Å². The first kappa shape index (κ1) is 20.8. The maximum absolute atomic E-state index is 13.6. The summed E-state index contributed by atoms with van der Waals surface area (Å²) in [5.41, 5.74) is 1.66. The van der Waals surface area contributed by atoms with E-state index in [9.17, 15) is 18.4 Å². The van der Waals surface area contributed by atoms with Crippen molar-refractivity contribution in [2.24, 2.45) is 5.92 Å². The topological polar surface area (TPSA) is 87.5 Å². The Labute approximate surface area is 177 Å². The third-order valence-electron chi connectivity index (χ3n) is 5.49. The van der Waals surface area contributed by atoms with Crippen LogP contribution in [-0.2, 0) is 9.59 Å². The minimum absolute atomic E-state index is 0.176. The Kier molecular flexibility index (Phi) is 5.83. The molecular weight excluding hydrogens is 406 g/mol. The summed E-state index contributed by atoms with van der Waals surface area (Å²) in [4.78, 5) is 31.6. The van der Waals surface area contributed by atoms with Gasteiger partial charge in [-0.1, -0.05) is 18.2 Å². The third-order valence-corrected chi connectivity index (χ3v) is 5.49. The number of oxazole rings is 1. The first-order valence-corrected chi connectivity index (χ1v) is 10.0. The highest BCUT2D eigenvalue weighted by molar-refractivity contribution is 5.89. The number of aromatic nitrogens is 1. The maximum Gasteiger partial charge on any atom is 0.298 e. The Balaban J connectivity index is 1.41. The van der Waals surface area contributed by atoms with Crippen LogP contribution in [0.2, 0.25) is 0 Å². The zero-order chi connectivity index (χ0) is 22.0. The lowest BCUT2D eigenvalue weighted by atomic mass is 9.95. The van der Waals surface area contributed by atoms with Gasteiger partial charge in [0.25, 0.3) is 6.01 Å². The summed E-state index contributed by atoms with van der Waals surface area (Å²) < 4.78 is 32.7. The largest absolute Gasteiger partial charge is 0.423 e. The minimum Gasteiger partial charge on any atom is -0.423 e. The summed E-state index contributed by atoms with van der Waals surface area (Å²) in [6.45, 7) is 1.14. The van der Waals surface area contributed by atoms with Crippen LogP contribution in [-0.4, -0.2) is 36.9 Å². The Bertz CT molecular complexity index is 1080. The highest BCUT2D eigenvalue weighted by Gasteiger charge is 2.30. The number of rotatable bonds is 5. The number of para-hydroxylation sites is 2. The molecule has 1 aliphatic heterocycles. The molecule has 1 fully saturated rings. The number of carbonyl (C=O) groups is 2. The number of anilines is 1. The van der Waals surface area contributed by atoms with Crippen LogP contribution in [0, 0.1) is 17.6 Å². The molecule has 2 aromatic carbocycles. The lowest BCUT2D eigenvalue weighted by Crippen LogP contribution is -2.45. The van der Waals surface area contributed by atoms with Gasteiger partial charge in [-0.15, -0.1) is 0 Å². The van der Waals surface area contributed by atoms with Crippen molar-refractivity contribution in [3.63, 3.8) is 0 Å². The van der Waals surface area contributed by atoms with E-state index in [1.165, 1.54) is 13.1 Å². The van der Waals surface area contributed by atoms with E-state index in [2.05, 4.69) is 15.6 Å². The van der Waals surface area contributed by atoms with Crippen molar-refractivity contribution >= 4 is 28.9 Å². The number of halogens is 2. The number of nitrogens with zero attached hydrogens (tertiary/aromatic N) is 2. The lowest BCUT2D eigenvalue weighted by Gasteiger charge is -2.31. The van der Waals surface area contributed by atoms with Crippen LogP contribution < -0.4 is 15.5 Å². The number of fused-ring (bicyclic) bond motifs is 1. The molecule has 31 heavy (non-hydrogen) atoms. The lowest BCUT2D eigenvalue weighted by molar-refractivity contribution is -0.131. The molecule has 3 aromatic rings. The number of benzene rings is 2. The van der Waals surface area contributed by atoms with Crippen molar-refractivity contribution in [1.29, 1.82) is 0 Å². The molecule has 4 rings (SSSR count). The molecule has 0 saturated carbocycles. The van der Waals surface area contributed by atoms with Gasteiger partial charge < -0.3 is 20.0 Å². The van der Waals surface area contributed by atoms with E-state index in [1.807, 2.05) is 29.2 Å². The van der Waals surface area contributed by atoms with Crippen LogP contribution in [0.15, 0.2) is 46.9 Å². The van der Waals surface area contributed by atoms with E-state index in [4.69, 9.17) is 4.42 Å². The molecule has 9 heteroatoms. The average molecular weight is 428 g/mol. The van der Waals surface area contributed by atoms with Gasteiger partial charge >= 0.3 is 0 Å². The molecule has 2 N–H and O–H groups in total. The molecule has 1 aromatic heterocycles. The van der Waals surface area contributed by atoms with Crippen molar-refractivity contribution in [3.05, 3.63) is 59.7 Å². The van der Waals surface area contributed by atoms with Gasteiger partial charge in [-0.2, -0.15) is 4.98 Å². The maximum atomic E-state index is 13.6. The highest BCUT2D eigenvalue weighted by atomic mass is 19.2. The normalized spacial score (nSPS) is 15.6. The molecule has 1 unspecified atom stereocenters. The van der Waals surface area contributed by atoms with Crippen molar-refractivity contribution in [3.8, 4) is 0 Å². The summed E-state index contributed by atoms with van der Waals surface area (Å²) in [6.07, 6.45) is 1.09. The van der Waals surface area contributed by atoms with Crippen LogP contribution in [0.4, 0.5) is 14.8 Å². The van der Waals surface area contributed by atoms with E-state index in [-0.39, 0.29) is 17.4 Å². The van der Waals surface area contributed by atoms with Crippen LogP contribution in [0.3, 0.4) is 0 Å². The molecule has 2 heterocycles. The van der Waals surface area contributed by atoms with Crippen LogP contribution in [0.5, 0.6) is 0 Å². The van der Waals surface area contributed by atoms with Crippen molar-refractivity contribution in [1.82, 2.24) is 15.6 Å². The second-order valence-electron chi connectivity index (χ2n) is 7.45. The van der Waals surface area contributed by atoms with Crippen LogP contribution in [0.1, 0.15) is 24.4 Å². The molecule has 1 saturated heterocycles. The fourth-order valence-corrected chi connectivity index (χ4v) is 3.72. The molecule has 0 bridgehead atoms. The molecule has 0 spiro atoms. The van der Waals surface area contributed by atoms with E-state index in [1.54, 1.807) is 0 Å². The number of piperidine rings is 1. The smallest absolute Gasteiger partial charge is 0.298 e. The van der Waals surface area contributed by atoms with E-state index in [0.29, 0.717) is 37.5 Å². The number of hydrogen-bond acceptors (Lipinski definition) is 5. The van der Waals surface area contributed by atoms with Crippen LogP contribution >= 0.6 is 0 Å². The van der Waals surface area contributed by atoms with E-state index in [0.717, 1.165) is 17.6 Å². The molecule has 0 radical (unpaired) electrons. The summed E-state index contributed by atoms with van der Waals surface area (Å²) in [6, 6.07) is 10.0. The Morgan fingerprint density at radius 2 is 1.87 bits per heavy atom. The number of amides is 2. The number of nitrogens with one attached hydrogen (secondary N) is 2. The molecule has 2 amide bonds. The standard InChI is InChI=1S/C22H22F2N4O3/c1-25-21(30)19(14-6-7-15(23)16(24)12-14)27-20(29)13-8-10-28(11-9-13)22-26-17-4-2-3-5-18(17)31-22/h2-7,12-13,19H,8-11H2,1H3,(H,25,30)(H,27,29). The summed E-state index contributed by atoms with van der Waals surface area (Å²) in [5, 5.41) is 5.13. The summed E-state index contributed by atoms with van der Waals surface area (Å²) in [7, 11) is 1.42. The SMILES string of the molecule is CNC(=O)C(NC(=O)C1CCN(c2nc3ccccc3o2)CC1)c1ccc(F)c(F)c1. The number of likely N-dealkylation sites (N-methyl/N-ethyl adjacent to an activating group) is 1. The average Bonchev–Trinajstić information content (AvgIpc) is 3.23. The first-order chi connectivity index (χ1) is 15.0. The summed E-state index contributed by atoms with van der Waals surface area (Å²) in [5.74, 6) is -3.23. The summed E-state index contributed by atoms with van der Waals surface area (Å²) >= 11 is 0. The van der Waals surface area contributed by atoms with Crippen molar-refractivity contribution < 1.29 is 22.8 Å². The van der Waals surface area contributed by atoms with E-state index < -0.39 is 23.6 Å². The zero-order valence-electron chi connectivity index (χ0n) is 16.9. The Hall–Kier alpha value is -3.49. The van der Waals surface area contributed by atoms with Gasteiger partial charge in [0.05, 0.1) is 0 Å². The second kappa shape index (κ2) is 8.71. The Morgan fingerprint density at radius 3 is 2.55 bits per heavy atom. The number of hydrogen-bond donors (Lipinski definition) is 2. The molecule has 162 valence electrons. The quantitative estimate of drug-likeness (QED) is 0.653. The first-order valence-electron chi connectivity index (χ1n) is 10.0. The van der Waals surface area contributed by atoms with Crippen molar-refractivity contribution in [2.75, 3.05) is 25.0 Å². The molecule has 1 atom stereocenters. The monoisotopic (exact) mass is 428 g/mol. The van der Waals surface area contributed by atoms with Crippen molar-refractivity contribution in [2.45, 2.75) is 18.9 Å². The highest BCUT2D eigenvalue weighted by Crippen LogP contribution is 2.27. The van der Waals surface area contributed by atoms with Gasteiger partial charge in [0.1, 0.15) is 11.6 Å². The zero-order valence-corrected chi connectivity index (χ0v) is 16.9. The molecular formula is C22H22F2N4O3. The second-order valence-corrected chi connectivity index (χ2v) is 7.45. The predicted molar refractivity (Wildman–Crippen MR) is 110 cm³/mol. The van der Waals surface area contributed by atoms with Gasteiger partial charge in [-0.05, 0) is 42.7 Å². The van der Waals surface area contributed by atoms with Gasteiger partial charge in [0.2, 0.25) is 11.8 Å². The molecule has 0 aliphatic carbocycles. The van der Waals surface area contributed by atoms with Gasteiger partial charge in [0, 0.05) is 26.1 Å². The molecule has 7 nitrogen and oxygen atoms in total. The third kappa shape index (κ3) is 4.35. The van der Waals surface area contributed by atoms with E-state index >= 15 is 0 Å². The molecule has 1 aliphatic rings.